The van der Waals surface area contributed by atoms with Gasteiger partial charge in [0, 0.05) is 28.5 Å². The molecule has 0 aromatic heterocycles. The zero-order valence-electron chi connectivity index (χ0n) is 71.2. The summed E-state index contributed by atoms with van der Waals surface area (Å²) in [6.07, 6.45) is 19.4. The van der Waals surface area contributed by atoms with Crippen LogP contribution >= 0.6 is 11.1 Å². The minimum absolute atomic E-state index is 0.00789. The van der Waals surface area contributed by atoms with Crippen LogP contribution < -0.4 is 4.74 Å². The van der Waals surface area contributed by atoms with Gasteiger partial charge in [-0.1, -0.05) is 298 Å². The highest BCUT2D eigenvalue weighted by Gasteiger charge is 2.41. The summed E-state index contributed by atoms with van der Waals surface area (Å²) in [5, 5.41) is 0. The van der Waals surface area contributed by atoms with Crippen LogP contribution in [0.15, 0.2) is 119 Å². The first-order chi connectivity index (χ1) is 49.1. The van der Waals surface area contributed by atoms with Crippen molar-refractivity contribution in [3.8, 4) is 50.3 Å². The second-order valence-electron chi connectivity index (χ2n) is 40.3. The van der Waals surface area contributed by atoms with Gasteiger partial charge in [-0.05, 0) is 291 Å². The van der Waals surface area contributed by atoms with E-state index in [2.05, 4.69) is 321 Å². The molecule has 8 aromatic carbocycles. The quantitative estimate of drug-likeness (QED) is 0.109. The van der Waals surface area contributed by atoms with Crippen LogP contribution in [0.1, 0.15) is 317 Å². The summed E-state index contributed by atoms with van der Waals surface area (Å²) in [5.41, 5.74) is 51.3. The molecule has 558 valence electrons. The Hall–Kier alpha value is -6.97. The Labute approximate surface area is 649 Å². The fraction of sp³-hybridized carbons (Fsp3) is 0.456. The average molecular weight is 1450 g/mol. The molecule has 3 heteroatoms. The molecule has 6 aliphatic rings. The molecule has 0 spiro atoms. The third kappa shape index (κ3) is 15.4. The van der Waals surface area contributed by atoms with Gasteiger partial charge in [0.25, 0.3) is 0 Å². The van der Waals surface area contributed by atoms with E-state index in [-0.39, 0.29) is 32.5 Å². The van der Waals surface area contributed by atoms with Gasteiger partial charge in [-0.15, -0.1) is 0 Å². The van der Waals surface area contributed by atoms with Gasteiger partial charge in [0.15, 0.2) is 7.38 Å². The van der Waals surface area contributed by atoms with Crippen LogP contribution in [-0.2, 0) is 64.6 Å². The third-order valence-electron chi connectivity index (χ3n) is 24.5. The third-order valence-corrected chi connectivity index (χ3v) is 27.3. The predicted octanol–water partition coefficient (Wildman–Crippen LogP) is 29.6. The Morgan fingerprint density at radius 3 is 1.16 bits per heavy atom. The molecule has 0 amide bonds. The number of ether oxygens (including phenoxy) is 1. The molecule has 1 nitrogen and oxygen atoms in total. The second kappa shape index (κ2) is 28.2. The van der Waals surface area contributed by atoms with Crippen molar-refractivity contribution in [2.45, 2.75) is 301 Å². The predicted molar refractivity (Wildman–Crippen MR) is 468 cm³/mol. The fourth-order valence-corrected chi connectivity index (χ4v) is 22.2. The van der Waals surface area contributed by atoms with Crippen LogP contribution in [-0.4, -0.2) is 14.5 Å². The Morgan fingerprint density at radius 1 is 0.377 bits per heavy atom. The zero-order valence-corrected chi connectivity index (χ0v) is 73.0. The molecular formula is C103H129ClOSi. The molecule has 0 fully saturated rings. The lowest BCUT2D eigenvalue weighted by Crippen LogP contribution is -2.28. The van der Waals surface area contributed by atoms with Crippen LogP contribution in [0.3, 0.4) is 0 Å². The maximum atomic E-state index is 6.96. The minimum Gasteiger partial charge on any atom is -0.496 e. The summed E-state index contributed by atoms with van der Waals surface area (Å²) in [7, 11) is 0.0145. The molecule has 6 aliphatic carbocycles. The fourth-order valence-electron chi connectivity index (χ4n) is 19.2. The van der Waals surface area contributed by atoms with Crippen LogP contribution in [0.2, 0.25) is 13.1 Å². The van der Waals surface area contributed by atoms with Crippen molar-refractivity contribution in [3.05, 3.63) is 247 Å². The Bertz CT molecular complexity index is 4880. The normalized spacial score (nSPS) is 17.5. The lowest BCUT2D eigenvalue weighted by molar-refractivity contribution is 0.399. The Morgan fingerprint density at radius 2 is 0.755 bits per heavy atom. The molecule has 0 saturated heterocycles. The molecule has 0 N–H and O–H groups in total. The van der Waals surface area contributed by atoms with Crippen LogP contribution in [0.4, 0.5) is 0 Å². The molecule has 8 aromatic rings. The van der Waals surface area contributed by atoms with E-state index in [0.717, 1.165) is 18.6 Å². The van der Waals surface area contributed by atoms with Crippen molar-refractivity contribution in [1.82, 2.24) is 0 Å². The van der Waals surface area contributed by atoms with E-state index in [1.165, 1.54) is 205 Å². The van der Waals surface area contributed by atoms with Crippen LogP contribution in [0, 0.1) is 34.6 Å². The summed E-state index contributed by atoms with van der Waals surface area (Å²) in [4.78, 5) is 0. The van der Waals surface area contributed by atoms with Crippen molar-refractivity contribution in [2.75, 3.05) is 7.11 Å². The first kappa shape index (κ1) is 78.6. The second-order valence-corrected chi connectivity index (χ2v) is 47.0. The van der Waals surface area contributed by atoms with E-state index >= 15 is 0 Å². The van der Waals surface area contributed by atoms with Crippen molar-refractivity contribution in [3.63, 3.8) is 0 Å². The van der Waals surface area contributed by atoms with Gasteiger partial charge in [0.1, 0.15) is 5.75 Å². The topological polar surface area (TPSA) is 9.23 Å². The molecule has 3 atom stereocenters. The molecule has 106 heavy (non-hydrogen) atoms. The summed E-state index contributed by atoms with van der Waals surface area (Å²) in [6.45, 7) is 67.2. The number of rotatable bonds is 8. The molecule has 14 rings (SSSR count). The summed E-state index contributed by atoms with van der Waals surface area (Å²) in [5.74, 6) is 1.86. The SMILES string of the molecule is CC1=Cc2c(cc(C(C)(C)C)c(C)c2-c2cc(C(C)(C)C)cc(C(C)(C)C)c2)C1CC1C(C)=Cc2c1cc1c(c2-c2cc(C)cc(C)c2)CCC1.CC1=Cc2c(cc3c(c2-c2cc(C)cc(C)c2)CCC3)C1[Si](C)(C)Cl.COc1c(C(C)(C)C)cc2c(c1-c1cc(C(C)(C)C)cc(C(C)(C)C)c1)CC(C)=C2. The lowest BCUT2D eigenvalue weighted by atomic mass is 9.74. The highest BCUT2D eigenvalue weighted by atomic mass is 35.6. The Balaban J connectivity index is 0.000000162. The van der Waals surface area contributed by atoms with Gasteiger partial charge >= 0.3 is 0 Å². The van der Waals surface area contributed by atoms with Crippen molar-refractivity contribution in [2.24, 2.45) is 0 Å². The highest BCUT2D eigenvalue weighted by molar-refractivity contribution is 7.20. The number of hydrogen-bond acceptors (Lipinski definition) is 1. The van der Waals surface area contributed by atoms with Gasteiger partial charge < -0.3 is 4.74 Å². The first-order valence-corrected chi connectivity index (χ1v) is 44.4. The molecule has 3 unspecified atom stereocenters. The van der Waals surface area contributed by atoms with Crippen molar-refractivity contribution in [1.29, 1.82) is 0 Å². The average Bonchev–Trinajstić information content (AvgIpc) is 1.51. The standard InChI is InChI=1S/C51H62.C29H40O.C23H27ClSi/c1-29-18-30(2)20-35(19-29)48-39-17-15-16-34(39)25-42-40(32(4)22-45(42)48)27-41-31(3)21-44-43(41)28-46(51(12,13)14)33(5)47(44)36-23-37(49(6,7)8)26-38(24-36)50(9,10)11;1-18-12-19-16-24(29(8,9)10)26(30-11)25(23(19)13-18)20-14-21(27(2,3)4)17-22(15-20)28(5,6)7;1-14-9-15(2)11-18(10-14)22-19-8-6-7-17(19)13-21-20(22)12-16(3)23(21)25(4,5)24/h18-26,28,40-41H,15-17,27H2,1-14H3;12,14-17H,13H2,1-11H3;9-13,23H,6-8H2,1-5H3. The maximum Gasteiger partial charge on any atom is 0.161 e. The van der Waals surface area contributed by atoms with E-state index in [1.54, 1.807) is 27.8 Å². The van der Waals surface area contributed by atoms with Gasteiger partial charge in [-0.25, -0.2) is 0 Å². The van der Waals surface area contributed by atoms with E-state index < -0.39 is 7.38 Å². The highest BCUT2D eigenvalue weighted by Crippen LogP contribution is 2.56. The largest absolute Gasteiger partial charge is 0.496 e. The monoisotopic (exact) mass is 1440 g/mol. The summed E-state index contributed by atoms with van der Waals surface area (Å²) >= 11 is 6.96. The number of benzene rings is 8. The number of methoxy groups -OCH3 is 1. The number of aryl methyl sites for hydroxylation is 6. The molecule has 0 aliphatic heterocycles. The van der Waals surface area contributed by atoms with Gasteiger partial charge in [0.2, 0.25) is 0 Å². The summed E-state index contributed by atoms with van der Waals surface area (Å²) in [6, 6.07) is 38.9. The van der Waals surface area contributed by atoms with Crippen LogP contribution in [0.5, 0.6) is 5.75 Å². The molecule has 0 bridgehead atoms. The zero-order chi connectivity index (χ0) is 77.5. The molecule has 0 saturated carbocycles. The smallest absolute Gasteiger partial charge is 0.161 e. The number of allylic oxidation sites excluding steroid dienone is 4. The van der Waals surface area contributed by atoms with Gasteiger partial charge in [-0.2, -0.15) is 11.1 Å². The first-order valence-electron chi connectivity index (χ1n) is 40.3. The summed E-state index contributed by atoms with van der Waals surface area (Å²) < 4.78 is 6.15. The number of hydrogen-bond donors (Lipinski definition) is 0. The van der Waals surface area contributed by atoms with E-state index in [9.17, 15) is 0 Å². The van der Waals surface area contributed by atoms with Gasteiger partial charge in [0.05, 0.1) is 7.11 Å². The molecule has 0 radical (unpaired) electrons. The van der Waals surface area contributed by atoms with Crippen molar-refractivity contribution < 1.29 is 4.74 Å². The molecule has 0 heterocycles. The molecular weight excluding hydrogens is 1320 g/mol. The van der Waals surface area contributed by atoms with E-state index in [4.69, 9.17) is 15.8 Å². The maximum absolute atomic E-state index is 6.96. The minimum atomic E-state index is -1.81. The van der Waals surface area contributed by atoms with E-state index in [1.807, 2.05) is 7.11 Å². The van der Waals surface area contributed by atoms with Gasteiger partial charge in [-0.3, -0.25) is 0 Å². The lowest BCUT2D eigenvalue weighted by Gasteiger charge is -2.30. The Kier molecular flexibility index (Phi) is 20.9. The number of halogens is 1. The van der Waals surface area contributed by atoms with Crippen molar-refractivity contribution >= 4 is 42.8 Å². The van der Waals surface area contributed by atoms with E-state index in [0.29, 0.717) is 17.4 Å². The number of fused-ring (bicyclic) bond motifs is 6. The van der Waals surface area contributed by atoms with Crippen LogP contribution in [0.25, 0.3) is 68.8 Å².